The molecule has 0 spiro atoms. The van der Waals surface area contributed by atoms with E-state index in [1.54, 1.807) is 0 Å². The summed E-state index contributed by atoms with van der Waals surface area (Å²) in [5.74, 6) is -0.606. The highest BCUT2D eigenvalue weighted by atomic mass is 35.5. The molecule has 0 bridgehead atoms. The van der Waals surface area contributed by atoms with E-state index in [-0.39, 0.29) is 57.2 Å². The largest absolute Gasteiger partial charge is 0.414 e. The van der Waals surface area contributed by atoms with Gasteiger partial charge in [0.2, 0.25) is 17.6 Å². The van der Waals surface area contributed by atoms with E-state index in [9.17, 15) is 9.59 Å². The van der Waals surface area contributed by atoms with Gasteiger partial charge in [-0.05, 0) is 22.2 Å². The van der Waals surface area contributed by atoms with Gasteiger partial charge in [0.25, 0.3) is 0 Å². The van der Waals surface area contributed by atoms with Crippen LogP contribution in [0.15, 0.2) is 6.33 Å². The third-order valence-corrected chi connectivity index (χ3v) is 17.9. The van der Waals surface area contributed by atoms with E-state index in [0.29, 0.717) is 5.52 Å². The SMILES string of the molecule is CC(=O)Nc1nc(Cl)c2ncn([C@@H]3O[C@H]4CO[Si](C(C)C)(C(C)C)O[Si](C(C)C)(C(C)C)O[C@H]4C3=O)c2n1. The van der Waals surface area contributed by atoms with Crippen LogP contribution in [-0.2, 0) is 27.3 Å². The first-order valence-corrected chi connectivity index (χ1v) is 17.4. The highest BCUT2D eigenvalue weighted by Crippen LogP contribution is 2.47. The van der Waals surface area contributed by atoms with E-state index in [1.165, 1.54) is 17.8 Å². The molecule has 2 aromatic rings. The number of ether oxygens (including phenoxy) is 1. The van der Waals surface area contributed by atoms with Crippen LogP contribution in [0.4, 0.5) is 5.95 Å². The van der Waals surface area contributed by atoms with Gasteiger partial charge in [-0.25, -0.2) is 4.98 Å². The van der Waals surface area contributed by atoms with Crippen molar-refractivity contribution in [1.29, 1.82) is 0 Å². The number of rotatable bonds is 6. The molecule has 0 aliphatic carbocycles. The number of ketones is 1. The van der Waals surface area contributed by atoms with Crippen LogP contribution in [0.5, 0.6) is 0 Å². The minimum Gasteiger partial charge on any atom is -0.414 e. The molecule has 2 saturated heterocycles. The van der Waals surface area contributed by atoms with Gasteiger partial charge in [0.1, 0.15) is 17.7 Å². The van der Waals surface area contributed by atoms with Gasteiger partial charge in [0, 0.05) is 6.92 Å². The van der Waals surface area contributed by atoms with Gasteiger partial charge in [0.05, 0.1) is 12.9 Å². The van der Waals surface area contributed by atoms with Crippen LogP contribution in [0, 0.1) is 0 Å². The van der Waals surface area contributed by atoms with E-state index >= 15 is 0 Å². The first-order valence-electron chi connectivity index (χ1n) is 13.1. The monoisotopic (exact) mass is 583 g/mol. The summed E-state index contributed by atoms with van der Waals surface area (Å²) in [7, 11) is -5.77. The fraction of sp³-hybridized carbons (Fsp3) is 0.708. The first-order chi connectivity index (χ1) is 17.7. The molecule has 2 aliphatic rings. The second-order valence-corrected chi connectivity index (χ2v) is 20.5. The van der Waals surface area contributed by atoms with Crippen molar-refractivity contribution in [2.45, 2.75) is 103 Å². The summed E-state index contributed by atoms with van der Waals surface area (Å²) in [5.41, 5.74) is 1.04. The Hall–Kier alpha value is -1.75. The van der Waals surface area contributed by atoms with Crippen LogP contribution in [0.2, 0.25) is 27.3 Å². The van der Waals surface area contributed by atoms with Gasteiger partial charge < -0.3 is 17.7 Å². The average molecular weight is 584 g/mol. The number of Topliss-reactive ketones (excluding diaryl/α,β-unsaturated/α-hetero) is 1. The lowest BCUT2D eigenvalue weighted by molar-refractivity contribution is -0.130. The number of nitrogens with zero attached hydrogens (tertiary/aromatic N) is 4. The van der Waals surface area contributed by atoms with Gasteiger partial charge in [-0.15, -0.1) is 0 Å². The third-order valence-electron chi connectivity index (χ3n) is 7.41. The molecule has 1 amide bonds. The van der Waals surface area contributed by atoms with E-state index in [1.807, 2.05) is 0 Å². The Balaban J connectivity index is 1.78. The molecular weight excluding hydrogens is 546 g/mol. The summed E-state index contributed by atoms with van der Waals surface area (Å²) in [6.45, 7) is 18.5. The zero-order valence-corrected chi connectivity index (χ0v) is 26.2. The van der Waals surface area contributed by atoms with Crippen molar-refractivity contribution in [3.63, 3.8) is 0 Å². The van der Waals surface area contributed by atoms with Crippen molar-refractivity contribution < 1.29 is 27.3 Å². The van der Waals surface area contributed by atoms with Crippen LogP contribution in [0.3, 0.4) is 0 Å². The van der Waals surface area contributed by atoms with Crippen LogP contribution < -0.4 is 5.32 Å². The predicted octanol–water partition coefficient (Wildman–Crippen LogP) is 4.86. The predicted molar refractivity (Wildman–Crippen MR) is 147 cm³/mol. The summed E-state index contributed by atoms with van der Waals surface area (Å²) in [6.07, 6.45) is -1.12. The average Bonchev–Trinajstić information content (AvgIpc) is 3.33. The molecule has 0 aromatic carbocycles. The fourth-order valence-electron chi connectivity index (χ4n) is 5.48. The number of aromatic nitrogens is 4. The Morgan fingerprint density at radius 2 is 1.66 bits per heavy atom. The number of anilines is 1. The molecule has 2 fully saturated rings. The number of carbonyl (C=O) groups excluding carboxylic acids is 2. The van der Waals surface area contributed by atoms with Crippen molar-refractivity contribution >= 4 is 57.5 Å². The molecule has 14 heteroatoms. The third kappa shape index (κ3) is 4.86. The van der Waals surface area contributed by atoms with Gasteiger partial charge in [-0.3, -0.25) is 19.5 Å². The Labute approximate surface area is 230 Å². The Kier molecular flexibility index (Phi) is 8.21. The number of nitrogens with one attached hydrogen (secondary N) is 1. The summed E-state index contributed by atoms with van der Waals surface area (Å²) in [5, 5.41) is 2.58. The zero-order valence-electron chi connectivity index (χ0n) is 23.4. The summed E-state index contributed by atoms with van der Waals surface area (Å²) < 4.78 is 28.6. The van der Waals surface area contributed by atoms with Crippen molar-refractivity contribution in [1.82, 2.24) is 19.5 Å². The molecule has 4 rings (SSSR count). The van der Waals surface area contributed by atoms with E-state index in [2.05, 4.69) is 75.7 Å². The van der Waals surface area contributed by atoms with Crippen LogP contribution in [-0.4, -0.2) is 67.1 Å². The zero-order chi connectivity index (χ0) is 28.2. The van der Waals surface area contributed by atoms with Crippen molar-refractivity contribution in [3.8, 4) is 0 Å². The number of fused-ring (bicyclic) bond motifs is 2. The van der Waals surface area contributed by atoms with Crippen molar-refractivity contribution in [2.75, 3.05) is 11.9 Å². The lowest BCUT2D eigenvalue weighted by atomic mass is 10.1. The molecule has 2 aromatic heterocycles. The fourth-order valence-corrected chi connectivity index (χ4v) is 16.9. The molecule has 0 saturated carbocycles. The van der Waals surface area contributed by atoms with E-state index in [4.69, 9.17) is 29.3 Å². The molecule has 0 radical (unpaired) electrons. The first kappa shape index (κ1) is 29.2. The summed E-state index contributed by atoms with van der Waals surface area (Å²) >= 11 is 6.31. The minimum atomic E-state index is -3.00. The highest BCUT2D eigenvalue weighted by molar-refractivity contribution is 6.84. The van der Waals surface area contributed by atoms with Gasteiger partial charge in [-0.2, -0.15) is 9.97 Å². The van der Waals surface area contributed by atoms with Crippen molar-refractivity contribution in [2.24, 2.45) is 0 Å². The molecular formula is C24H38ClN5O6Si2. The van der Waals surface area contributed by atoms with Gasteiger partial charge >= 0.3 is 17.1 Å². The van der Waals surface area contributed by atoms with Crippen LogP contribution in [0.25, 0.3) is 11.2 Å². The van der Waals surface area contributed by atoms with E-state index in [0.717, 1.165) is 0 Å². The molecule has 210 valence electrons. The Bertz CT molecular complexity index is 1210. The van der Waals surface area contributed by atoms with E-state index < -0.39 is 35.6 Å². The molecule has 0 unspecified atom stereocenters. The smallest absolute Gasteiger partial charge is 0.335 e. The van der Waals surface area contributed by atoms with Gasteiger partial charge in [-0.1, -0.05) is 67.0 Å². The number of imidazole rings is 1. The lowest BCUT2D eigenvalue weighted by Gasteiger charge is -2.50. The molecule has 1 N–H and O–H groups in total. The minimum absolute atomic E-state index is 0.0110. The summed E-state index contributed by atoms with van der Waals surface area (Å²) in [4.78, 5) is 38.3. The number of carbonyl (C=O) groups is 2. The number of amides is 1. The second-order valence-electron chi connectivity index (χ2n) is 11.3. The topological polar surface area (TPSA) is 127 Å². The molecule has 38 heavy (non-hydrogen) atoms. The number of hydrogen-bond acceptors (Lipinski definition) is 9. The maximum Gasteiger partial charge on any atom is 0.335 e. The maximum atomic E-state index is 13.9. The molecule has 4 heterocycles. The van der Waals surface area contributed by atoms with Crippen molar-refractivity contribution in [3.05, 3.63) is 11.5 Å². The van der Waals surface area contributed by atoms with Crippen LogP contribution >= 0.6 is 11.6 Å². The maximum absolute atomic E-state index is 13.9. The Morgan fingerprint density at radius 3 is 2.21 bits per heavy atom. The van der Waals surface area contributed by atoms with Crippen LogP contribution in [0.1, 0.15) is 68.5 Å². The summed E-state index contributed by atoms with van der Waals surface area (Å²) in [6, 6.07) is 0. The molecule has 3 atom stereocenters. The molecule has 11 nitrogen and oxygen atoms in total. The second kappa shape index (κ2) is 10.7. The lowest BCUT2D eigenvalue weighted by Crippen LogP contribution is -2.65. The standard InChI is InChI=1S/C24H38ClN5O6Si2/c1-12(2)37(13(3)4)33-10-17-20(35-38(36-37,14(5)6)15(7)8)19(32)23(34-17)30-11-26-18-21(25)28-24(27-16(9)31)29-22(18)30/h11-15,17,20,23H,10H2,1-9H3,(H,27,28,29,31)/t17-,20+,23+/m0/s1. The normalized spacial score (nSPS) is 25.3. The number of hydrogen-bond donors (Lipinski definition) is 1. The van der Waals surface area contributed by atoms with Gasteiger partial charge in [0.15, 0.2) is 17.0 Å². The number of halogens is 1. The Morgan fingerprint density at radius 1 is 1.05 bits per heavy atom. The quantitative estimate of drug-likeness (QED) is 0.374. The highest BCUT2D eigenvalue weighted by Gasteiger charge is 2.61. The molecule has 2 aliphatic heterocycles.